The number of aromatic nitrogens is 1. The average molecular weight is 566 g/mol. The van der Waals surface area contributed by atoms with Gasteiger partial charge < -0.3 is 19.5 Å². The zero-order chi connectivity index (χ0) is 28.9. The number of nitrogens with zero attached hydrogens (tertiary/aromatic N) is 3. The van der Waals surface area contributed by atoms with Gasteiger partial charge in [0.05, 0.1) is 35.9 Å². The molecular formula is C26H20ClF4N3O5. The lowest BCUT2D eigenvalue weighted by Gasteiger charge is -2.23. The number of methoxy groups -OCH3 is 1. The second-order valence-corrected chi connectivity index (χ2v) is 8.46. The Morgan fingerprint density at radius 1 is 1.18 bits per heavy atom. The molecule has 0 spiro atoms. The van der Waals surface area contributed by atoms with Crippen molar-refractivity contribution in [3.8, 4) is 28.7 Å². The summed E-state index contributed by atoms with van der Waals surface area (Å²) in [5.41, 5.74) is -2.19. The van der Waals surface area contributed by atoms with Gasteiger partial charge in [0.25, 0.3) is 5.91 Å². The number of carboxylic acids is 1. The molecule has 0 saturated carbocycles. The molecule has 0 aliphatic heterocycles. The minimum Gasteiger partial charge on any atom is -0.494 e. The summed E-state index contributed by atoms with van der Waals surface area (Å²) in [5, 5.41) is 18.3. The van der Waals surface area contributed by atoms with Crippen molar-refractivity contribution in [1.82, 2.24) is 4.98 Å². The number of benzene rings is 2. The predicted molar refractivity (Wildman–Crippen MR) is 132 cm³/mol. The summed E-state index contributed by atoms with van der Waals surface area (Å²) in [6.45, 7) is -0.125. The zero-order valence-corrected chi connectivity index (χ0v) is 21.2. The second kappa shape index (κ2) is 12.0. The van der Waals surface area contributed by atoms with Gasteiger partial charge in [0, 0.05) is 36.9 Å². The van der Waals surface area contributed by atoms with E-state index in [0.29, 0.717) is 6.07 Å². The van der Waals surface area contributed by atoms with Crippen molar-refractivity contribution in [3.05, 3.63) is 70.3 Å². The summed E-state index contributed by atoms with van der Waals surface area (Å²) in [4.78, 5) is 28.8. The Labute approximate surface area is 225 Å². The molecule has 3 rings (SSSR count). The van der Waals surface area contributed by atoms with Gasteiger partial charge in [-0.05, 0) is 30.7 Å². The minimum atomic E-state index is -4.80. The number of para-hydroxylation sites is 1. The Hall–Kier alpha value is -4.37. The highest BCUT2D eigenvalue weighted by molar-refractivity contribution is 6.34. The van der Waals surface area contributed by atoms with E-state index < -0.39 is 35.1 Å². The van der Waals surface area contributed by atoms with E-state index in [4.69, 9.17) is 26.2 Å². The van der Waals surface area contributed by atoms with Crippen molar-refractivity contribution in [1.29, 1.82) is 5.26 Å². The lowest BCUT2D eigenvalue weighted by Crippen LogP contribution is -2.28. The van der Waals surface area contributed by atoms with Crippen LogP contribution in [0.1, 0.15) is 34.5 Å². The van der Waals surface area contributed by atoms with Crippen molar-refractivity contribution in [2.45, 2.75) is 19.0 Å². The van der Waals surface area contributed by atoms with Crippen molar-refractivity contribution < 1.29 is 41.7 Å². The molecule has 0 fully saturated rings. The van der Waals surface area contributed by atoms with Crippen LogP contribution >= 0.6 is 11.6 Å². The minimum absolute atomic E-state index is 0.00965. The van der Waals surface area contributed by atoms with Crippen LogP contribution in [-0.4, -0.2) is 42.7 Å². The van der Waals surface area contributed by atoms with E-state index >= 15 is 0 Å². The number of carbonyl (C=O) groups is 2. The first kappa shape index (κ1) is 29.2. The van der Waals surface area contributed by atoms with Crippen LogP contribution in [0.4, 0.5) is 23.2 Å². The summed E-state index contributed by atoms with van der Waals surface area (Å²) in [6.07, 6.45) is -4.12. The fourth-order valence-electron chi connectivity index (χ4n) is 3.64. The smallest absolute Gasteiger partial charge is 0.433 e. The molecule has 8 nitrogen and oxygen atoms in total. The number of carboxylic acid groups (broad SMARTS) is 1. The molecule has 0 bridgehead atoms. The number of ether oxygens (including phenoxy) is 2. The lowest BCUT2D eigenvalue weighted by molar-refractivity contribution is -0.141. The number of carbonyl (C=O) groups excluding carboxylic acids is 1. The third kappa shape index (κ3) is 6.56. The molecule has 3 aromatic rings. The Balaban J connectivity index is 2.16. The molecule has 13 heteroatoms. The van der Waals surface area contributed by atoms with E-state index in [1.807, 2.05) is 0 Å². The van der Waals surface area contributed by atoms with E-state index in [0.717, 1.165) is 17.2 Å². The monoisotopic (exact) mass is 565 g/mol. The second-order valence-electron chi connectivity index (χ2n) is 8.05. The van der Waals surface area contributed by atoms with Gasteiger partial charge in [-0.25, -0.2) is 4.39 Å². The predicted octanol–water partition coefficient (Wildman–Crippen LogP) is 5.96. The van der Waals surface area contributed by atoms with Crippen LogP contribution in [0, 0.1) is 17.1 Å². The fraction of sp³-hybridized carbons (Fsp3) is 0.231. The Kier molecular flexibility index (Phi) is 8.98. The maximum absolute atomic E-state index is 14.7. The molecule has 0 aliphatic rings. The number of alkyl halides is 3. The molecule has 1 N–H and O–H groups in total. The normalized spacial score (nSPS) is 11.0. The third-order valence-electron chi connectivity index (χ3n) is 5.51. The quantitative estimate of drug-likeness (QED) is 0.251. The highest BCUT2D eigenvalue weighted by Crippen LogP contribution is 2.39. The van der Waals surface area contributed by atoms with Crippen molar-refractivity contribution in [2.24, 2.45) is 0 Å². The van der Waals surface area contributed by atoms with Gasteiger partial charge in [0.15, 0.2) is 5.82 Å². The van der Waals surface area contributed by atoms with Gasteiger partial charge in [-0.1, -0.05) is 17.7 Å². The molecule has 204 valence electrons. The largest absolute Gasteiger partial charge is 0.494 e. The fourth-order valence-corrected chi connectivity index (χ4v) is 3.89. The number of rotatable bonds is 9. The summed E-state index contributed by atoms with van der Waals surface area (Å²) in [7, 11) is 2.56. The summed E-state index contributed by atoms with van der Waals surface area (Å²) in [5.74, 6) is -2.71. The summed E-state index contributed by atoms with van der Waals surface area (Å²) < 4.78 is 64.9. The first-order valence-electron chi connectivity index (χ1n) is 11.2. The van der Waals surface area contributed by atoms with Crippen LogP contribution in [0.3, 0.4) is 0 Å². The highest BCUT2D eigenvalue weighted by Gasteiger charge is 2.33. The van der Waals surface area contributed by atoms with Crippen molar-refractivity contribution >= 4 is 29.2 Å². The van der Waals surface area contributed by atoms with Gasteiger partial charge >= 0.3 is 12.1 Å². The number of aliphatic carboxylic acids is 1. The molecule has 0 radical (unpaired) electrons. The maximum atomic E-state index is 14.7. The standard InChI is InChI=1S/C26H20ClF4N3O5/c1-34(24-19(28)5-3-6-20(24)38-2)25(37)16-10-15(18(27)11-21(16)39-8-4-7-23(35)36)17-13-33-22(26(29,30)31)9-14(17)12-32/h3,5-6,9-11,13H,4,7-8H2,1-2H3,(H,35,36). The maximum Gasteiger partial charge on any atom is 0.433 e. The van der Waals surface area contributed by atoms with Crippen LogP contribution in [0.2, 0.25) is 5.02 Å². The van der Waals surface area contributed by atoms with Crippen molar-refractivity contribution in [3.63, 3.8) is 0 Å². The molecule has 1 amide bonds. The molecule has 0 unspecified atom stereocenters. The van der Waals surface area contributed by atoms with Gasteiger partial charge in [0.2, 0.25) is 0 Å². The molecule has 0 aliphatic carbocycles. The SMILES string of the molecule is COc1cccc(F)c1N(C)C(=O)c1cc(-c2cnc(C(F)(F)F)cc2C#N)c(Cl)cc1OCCCC(=O)O. The molecule has 0 atom stereocenters. The Bertz CT molecular complexity index is 1460. The van der Waals surface area contributed by atoms with Crippen molar-refractivity contribution in [2.75, 3.05) is 25.7 Å². The number of pyridine rings is 1. The van der Waals surface area contributed by atoms with Crippen LogP contribution in [0.25, 0.3) is 11.1 Å². The summed E-state index contributed by atoms with van der Waals surface area (Å²) in [6, 6.07) is 8.56. The number of hydrogen-bond donors (Lipinski definition) is 1. The zero-order valence-electron chi connectivity index (χ0n) is 20.5. The molecular weight excluding hydrogens is 546 g/mol. The summed E-state index contributed by atoms with van der Waals surface area (Å²) >= 11 is 6.39. The first-order chi connectivity index (χ1) is 18.4. The topological polar surface area (TPSA) is 113 Å². The van der Waals surface area contributed by atoms with Crippen LogP contribution in [-0.2, 0) is 11.0 Å². The van der Waals surface area contributed by atoms with Gasteiger partial charge in [-0.15, -0.1) is 0 Å². The van der Waals surface area contributed by atoms with Gasteiger partial charge in [-0.2, -0.15) is 18.4 Å². The van der Waals surface area contributed by atoms with Crippen LogP contribution in [0.15, 0.2) is 42.6 Å². The lowest BCUT2D eigenvalue weighted by atomic mass is 9.98. The number of halogens is 5. The molecule has 0 saturated heterocycles. The number of anilines is 1. The number of nitriles is 1. The highest BCUT2D eigenvalue weighted by atomic mass is 35.5. The molecule has 1 heterocycles. The van der Waals surface area contributed by atoms with Crippen LogP contribution < -0.4 is 14.4 Å². The van der Waals surface area contributed by atoms with Crippen LogP contribution in [0.5, 0.6) is 11.5 Å². The van der Waals surface area contributed by atoms with E-state index in [1.165, 1.54) is 38.4 Å². The van der Waals surface area contributed by atoms with Gasteiger partial charge in [0.1, 0.15) is 22.9 Å². The average Bonchev–Trinajstić information content (AvgIpc) is 2.89. The van der Waals surface area contributed by atoms with E-state index in [9.17, 15) is 32.4 Å². The van der Waals surface area contributed by atoms with E-state index in [1.54, 1.807) is 6.07 Å². The molecule has 39 heavy (non-hydrogen) atoms. The molecule has 1 aromatic heterocycles. The first-order valence-corrected chi connectivity index (χ1v) is 11.5. The van der Waals surface area contributed by atoms with E-state index in [-0.39, 0.29) is 58.3 Å². The number of amides is 1. The Morgan fingerprint density at radius 2 is 1.90 bits per heavy atom. The third-order valence-corrected chi connectivity index (χ3v) is 5.82. The van der Waals surface area contributed by atoms with E-state index in [2.05, 4.69) is 4.98 Å². The molecule has 2 aromatic carbocycles. The number of hydrogen-bond acceptors (Lipinski definition) is 6. The Morgan fingerprint density at radius 3 is 2.51 bits per heavy atom. The van der Waals surface area contributed by atoms with Gasteiger partial charge in [-0.3, -0.25) is 14.6 Å².